The van der Waals surface area contributed by atoms with Gasteiger partial charge in [0.05, 0.1) is 6.61 Å². The zero-order valence-electron chi connectivity index (χ0n) is 15.0. The van der Waals surface area contributed by atoms with E-state index in [4.69, 9.17) is 4.74 Å². The lowest BCUT2D eigenvalue weighted by molar-refractivity contribution is -0.118. The number of ether oxygens (including phenoxy) is 1. The molecular formula is C20H17F4NO3. The largest absolute Gasteiger partial charge is 0.490 e. The lowest BCUT2D eigenvalue weighted by Gasteiger charge is -2.15. The van der Waals surface area contributed by atoms with E-state index in [1.54, 1.807) is 0 Å². The normalized spacial score (nSPS) is 14.5. The first-order valence-electron chi connectivity index (χ1n) is 8.57. The molecule has 0 spiro atoms. The molecule has 1 aliphatic carbocycles. The Morgan fingerprint density at radius 3 is 2.25 bits per heavy atom. The highest BCUT2D eigenvalue weighted by atomic mass is 19.2. The maximum atomic E-state index is 14.0. The van der Waals surface area contributed by atoms with Crippen molar-refractivity contribution in [3.63, 3.8) is 0 Å². The molecule has 28 heavy (non-hydrogen) atoms. The predicted molar refractivity (Wildman–Crippen MR) is 93.1 cm³/mol. The van der Waals surface area contributed by atoms with E-state index in [1.165, 1.54) is 13.0 Å². The number of anilines is 1. The smallest absolute Gasteiger partial charge is 0.255 e. The van der Waals surface area contributed by atoms with Crippen LogP contribution in [0.25, 0.3) is 0 Å². The minimum atomic E-state index is -1.64. The number of benzene rings is 2. The summed E-state index contributed by atoms with van der Waals surface area (Å²) in [5.41, 5.74) is -0.593. The van der Waals surface area contributed by atoms with E-state index in [1.807, 2.05) is 0 Å². The van der Waals surface area contributed by atoms with Gasteiger partial charge in [0.1, 0.15) is 5.78 Å². The Morgan fingerprint density at radius 1 is 1.04 bits per heavy atom. The number of carbonyl (C=O) groups is 2. The molecule has 0 aromatic heterocycles. The molecule has 1 amide bonds. The Morgan fingerprint density at radius 2 is 1.68 bits per heavy atom. The SMILES string of the molecule is CC(=O)CC1(COc2cc(C(=O)Nc3cc(F)c(F)c(F)c3)ccc2F)CC1. The van der Waals surface area contributed by atoms with E-state index in [2.05, 4.69) is 5.32 Å². The summed E-state index contributed by atoms with van der Waals surface area (Å²) in [6.07, 6.45) is 1.95. The Balaban J connectivity index is 1.72. The van der Waals surface area contributed by atoms with Gasteiger partial charge in [0.25, 0.3) is 5.91 Å². The van der Waals surface area contributed by atoms with Gasteiger partial charge < -0.3 is 14.8 Å². The molecule has 1 fully saturated rings. The van der Waals surface area contributed by atoms with E-state index in [0.29, 0.717) is 18.6 Å². The average molecular weight is 395 g/mol. The van der Waals surface area contributed by atoms with Crippen molar-refractivity contribution in [1.29, 1.82) is 0 Å². The number of amides is 1. The van der Waals surface area contributed by atoms with Crippen LogP contribution in [0.1, 0.15) is 36.5 Å². The van der Waals surface area contributed by atoms with E-state index < -0.39 is 29.2 Å². The second kappa shape index (κ2) is 7.61. The third kappa shape index (κ3) is 4.49. The third-order valence-corrected chi connectivity index (χ3v) is 4.55. The highest BCUT2D eigenvalue weighted by Gasteiger charge is 2.44. The molecule has 0 atom stereocenters. The van der Waals surface area contributed by atoms with Gasteiger partial charge in [-0.15, -0.1) is 0 Å². The molecule has 1 saturated carbocycles. The molecule has 8 heteroatoms. The summed E-state index contributed by atoms with van der Waals surface area (Å²) in [6.45, 7) is 1.62. The van der Waals surface area contributed by atoms with Gasteiger partial charge in [-0.25, -0.2) is 17.6 Å². The van der Waals surface area contributed by atoms with E-state index in [0.717, 1.165) is 25.0 Å². The zero-order chi connectivity index (χ0) is 20.5. The first-order valence-corrected chi connectivity index (χ1v) is 8.57. The summed E-state index contributed by atoms with van der Waals surface area (Å²) in [5, 5.41) is 2.22. The topological polar surface area (TPSA) is 55.4 Å². The van der Waals surface area contributed by atoms with Gasteiger partial charge in [-0.2, -0.15) is 0 Å². The molecule has 2 aromatic carbocycles. The van der Waals surface area contributed by atoms with Crippen LogP contribution in [-0.2, 0) is 4.79 Å². The van der Waals surface area contributed by atoms with Crippen LogP contribution < -0.4 is 10.1 Å². The number of Topliss-reactive ketones (excluding diaryl/α,β-unsaturated/α-hetero) is 1. The molecular weight excluding hydrogens is 378 g/mol. The molecule has 2 aromatic rings. The van der Waals surface area contributed by atoms with Crippen LogP contribution in [0.2, 0.25) is 0 Å². The van der Waals surface area contributed by atoms with Crippen molar-refractivity contribution in [2.75, 3.05) is 11.9 Å². The lowest BCUT2D eigenvalue weighted by Crippen LogP contribution is -2.17. The fraction of sp³-hybridized carbons (Fsp3) is 0.300. The van der Waals surface area contributed by atoms with Gasteiger partial charge >= 0.3 is 0 Å². The molecule has 0 aliphatic heterocycles. The minimum absolute atomic E-state index is 0.0158. The van der Waals surface area contributed by atoms with Crippen LogP contribution >= 0.6 is 0 Å². The van der Waals surface area contributed by atoms with E-state index in [-0.39, 0.29) is 34.8 Å². The Labute approximate surface area is 158 Å². The predicted octanol–water partition coefficient (Wildman–Crippen LogP) is 4.63. The van der Waals surface area contributed by atoms with E-state index >= 15 is 0 Å². The molecule has 3 rings (SSSR count). The number of hydrogen-bond donors (Lipinski definition) is 1. The van der Waals surface area contributed by atoms with Crippen molar-refractivity contribution >= 4 is 17.4 Å². The maximum Gasteiger partial charge on any atom is 0.255 e. The van der Waals surface area contributed by atoms with E-state index in [9.17, 15) is 27.2 Å². The van der Waals surface area contributed by atoms with Crippen LogP contribution in [0, 0.1) is 28.7 Å². The zero-order valence-corrected chi connectivity index (χ0v) is 15.0. The highest BCUT2D eigenvalue weighted by molar-refractivity contribution is 6.04. The van der Waals surface area contributed by atoms with Gasteiger partial charge in [-0.1, -0.05) is 0 Å². The maximum absolute atomic E-state index is 14.0. The van der Waals surface area contributed by atoms with Crippen molar-refractivity contribution in [2.24, 2.45) is 5.41 Å². The first kappa shape index (κ1) is 19.9. The summed E-state index contributed by atoms with van der Waals surface area (Å²) in [4.78, 5) is 23.6. The van der Waals surface area contributed by atoms with Crippen molar-refractivity contribution in [1.82, 2.24) is 0 Å². The van der Waals surface area contributed by atoms with Crippen molar-refractivity contribution < 1.29 is 31.9 Å². The first-order chi connectivity index (χ1) is 13.2. The second-order valence-corrected chi connectivity index (χ2v) is 7.02. The van der Waals surface area contributed by atoms with Crippen molar-refractivity contribution in [3.05, 3.63) is 59.2 Å². The molecule has 0 radical (unpaired) electrons. The minimum Gasteiger partial charge on any atom is -0.490 e. The standard InChI is InChI=1S/C20H17F4NO3/c1-11(26)9-20(4-5-20)10-28-17-6-12(2-3-14(17)21)19(27)25-13-7-15(22)18(24)16(23)8-13/h2-3,6-8H,4-5,9-10H2,1H3,(H,25,27). The number of nitrogens with one attached hydrogen (secondary N) is 1. The van der Waals surface area contributed by atoms with Crippen LogP contribution in [0.15, 0.2) is 30.3 Å². The summed E-state index contributed by atoms with van der Waals surface area (Å²) in [5.74, 6) is -6.14. The quantitative estimate of drug-likeness (QED) is 0.549. The van der Waals surface area contributed by atoms with Gasteiger partial charge in [-0.3, -0.25) is 4.79 Å². The second-order valence-electron chi connectivity index (χ2n) is 7.02. The third-order valence-electron chi connectivity index (χ3n) is 4.55. The fourth-order valence-corrected chi connectivity index (χ4v) is 2.89. The number of hydrogen-bond acceptors (Lipinski definition) is 3. The molecule has 1 aliphatic rings. The number of ketones is 1. The monoisotopic (exact) mass is 395 g/mol. The van der Waals surface area contributed by atoms with Gasteiger partial charge in [0.15, 0.2) is 29.0 Å². The number of halogens is 4. The van der Waals surface area contributed by atoms with Crippen molar-refractivity contribution in [3.8, 4) is 5.75 Å². The fourth-order valence-electron chi connectivity index (χ4n) is 2.89. The number of carbonyl (C=O) groups excluding carboxylic acids is 2. The summed E-state index contributed by atoms with van der Waals surface area (Å²) in [6, 6.07) is 4.63. The molecule has 0 bridgehead atoms. The summed E-state index contributed by atoms with van der Waals surface area (Å²) < 4.78 is 59.0. The average Bonchev–Trinajstić information content (AvgIpc) is 3.37. The lowest BCUT2D eigenvalue weighted by atomic mass is 10.0. The van der Waals surface area contributed by atoms with Crippen molar-refractivity contribution in [2.45, 2.75) is 26.2 Å². The Bertz CT molecular complexity index is 918. The Kier molecular flexibility index (Phi) is 5.40. The molecule has 1 N–H and O–H groups in total. The molecule has 0 heterocycles. The number of rotatable bonds is 7. The van der Waals surface area contributed by atoms with Crippen LogP contribution in [0.5, 0.6) is 5.75 Å². The van der Waals surface area contributed by atoms with Crippen LogP contribution in [0.3, 0.4) is 0 Å². The highest BCUT2D eigenvalue weighted by Crippen LogP contribution is 2.49. The van der Waals surface area contributed by atoms with Crippen LogP contribution in [0.4, 0.5) is 23.2 Å². The molecule has 0 saturated heterocycles. The summed E-state index contributed by atoms with van der Waals surface area (Å²) >= 11 is 0. The van der Waals surface area contributed by atoms with Gasteiger partial charge in [0, 0.05) is 35.2 Å². The molecule has 4 nitrogen and oxygen atoms in total. The Hall–Kier alpha value is -2.90. The van der Waals surface area contributed by atoms with Gasteiger partial charge in [-0.05, 0) is 38.0 Å². The molecule has 0 unspecified atom stereocenters. The summed E-state index contributed by atoms with van der Waals surface area (Å²) in [7, 11) is 0. The molecule has 148 valence electrons. The van der Waals surface area contributed by atoms with Gasteiger partial charge in [0.2, 0.25) is 0 Å². The van der Waals surface area contributed by atoms with Crippen LogP contribution in [-0.4, -0.2) is 18.3 Å².